The molecule has 0 heterocycles. The van der Waals surface area contributed by atoms with Crippen LogP contribution in [0.15, 0.2) is 42.5 Å². The van der Waals surface area contributed by atoms with Gasteiger partial charge in [-0.15, -0.1) is 0 Å². The summed E-state index contributed by atoms with van der Waals surface area (Å²) >= 11 is 0. The lowest BCUT2D eigenvalue weighted by molar-refractivity contribution is -0.137. The summed E-state index contributed by atoms with van der Waals surface area (Å²) in [7, 11) is 2.89. The van der Waals surface area contributed by atoms with E-state index in [1.54, 1.807) is 19.1 Å². The molecule has 1 atom stereocenters. The van der Waals surface area contributed by atoms with Crippen LogP contribution < -0.4 is 14.8 Å². The smallest absolute Gasteiger partial charge is 0.416 e. The van der Waals surface area contributed by atoms with Crippen molar-refractivity contribution in [1.29, 1.82) is 0 Å². The van der Waals surface area contributed by atoms with Crippen molar-refractivity contribution in [2.45, 2.75) is 19.1 Å². The second-order valence-electron chi connectivity index (χ2n) is 5.38. The predicted octanol–water partition coefficient (Wildman–Crippen LogP) is 4.21. The number of carbonyl (C=O) groups excluding carboxylic acids is 1. The average Bonchev–Trinajstić information content (AvgIpc) is 2.60. The van der Waals surface area contributed by atoms with Crippen molar-refractivity contribution in [3.05, 3.63) is 59.2 Å². The zero-order valence-electron chi connectivity index (χ0n) is 14.0. The van der Waals surface area contributed by atoms with E-state index in [0.717, 1.165) is 12.1 Å². The number of nitrogens with one attached hydrogen (secondary N) is 1. The van der Waals surface area contributed by atoms with Crippen LogP contribution in [0.25, 0.3) is 0 Å². The Balaban J connectivity index is 2.23. The third kappa shape index (κ3) is 4.43. The summed E-state index contributed by atoms with van der Waals surface area (Å²) in [4.78, 5) is 12.5. The van der Waals surface area contributed by atoms with Crippen LogP contribution in [0.4, 0.5) is 13.2 Å². The largest absolute Gasteiger partial charge is 0.497 e. The minimum atomic E-state index is -4.43. The van der Waals surface area contributed by atoms with E-state index in [4.69, 9.17) is 9.47 Å². The number of carbonyl (C=O) groups is 1. The van der Waals surface area contributed by atoms with Crippen molar-refractivity contribution >= 4 is 5.91 Å². The zero-order valence-corrected chi connectivity index (χ0v) is 14.0. The molecule has 0 bridgehead atoms. The van der Waals surface area contributed by atoms with Crippen LogP contribution in [-0.2, 0) is 6.18 Å². The fraction of sp³-hybridized carbons (Fsp3) is 0.278. The second kappa shape index (κ2) is 7.46. The molecule has 0 spiro atoms. The SMILES string of the molecule is COc1ccc(OC)c(C(=O)NC(C)c2cccc(C(F)(F)F)c2)c1. The molecular formula is C18H18F3NO3. The molecule has 2 rings (SSSR count). The number of hydrogen-bond donors (Lipinski definition) is 1. The summed E-state index contributed by atoms with van der Waals surface area (Å²) in [6.45, 7) is 1.61. The first-order valence-electron chi connectivity index (χ1n) is 7.46. The van der Waals surface area contributed by atoms with Gasteiger partial charge >= 0.3 is 6.18 Å². The minimum Gasteiger partial charge on any atom is -0.497 e. The topological polar surface area (TPSA) is 47.6 Å². The standard InChI is InChI=1S/C18H18F3NO3/c1-11(12-5-4-6-13(9-12)18(19,20)21)22-17(23)15-10-14(24-2)7-8-16(15)25-3/h4-11H,1-3H3,(H,22,23). The minimum absolute atomic E-state index is 0.237. The summed E-state index contributed by atoms with van der Waals surface area (Å²) in [5.41, 5.74) is -0.171. The van der Waals surface area contributed by atoms with Crippen molar-refractivity contribution in [2.24, 2.45) is 0 Å². The number of ether oxygens (including phenoxy) is 2. The van der Waals surface area contributed by atoms with Gasteiger partial charge < -0.3 is 14.8 Å². The van der Waals surface area contributed by atoms with Gasteiger partial charge in [-0.05, 0) is 42.8 Å². The molecule has 7 heteroatoms. The van der Waals surface area contributed by atoms with E-state index in [0.29, 0.717) is 17.1 Å². The highest BCUT2D eigenvalue weighted by atomic mass is 19.4. The number of halogens is 3. The molecule has 1 unspecified atom stereocenters. The lowest BCUT2D eigenvalue weighted by Crippen LogP contribution is -2.27. The molecule has 0 aliphatic rings. The van der Waals surface area contributed by atoms with E-state index < -0.39 is 23.7 Å². The molecule has 0 saturated carbocycles. The van der Waals surface area contributed by atoms with Gasteiger partial charge in [0.05, 0.1) is 31.4 Å². The van der Waals surface area contributed by atoms with Gasteiger partial charge in [-0.3, -0.25) is 4.79 Å². The lowest BCUT2D eigenvalue weighted by Gasteiger charge is -2.17. The molecule has 2 aromatic rings. The first kappa shape index (κ1) is 18.6. The number of benzene rings is 2. The molecule has 2 aromatic carbocycles. The third-order valence-electron chi connectivity index (χ3n) is 3.71. The average molecular weight is 353 g/mol. The Bertz CT molecular complexity index is 759. The van der Waals surface area contributed by atoms with Gasteiger partial charge in [-0.1, -0.05) is 12.1 Å². The molecular weight excluding hydrogens is 335 g/mol. The molecule has 0 fully saturated rings. The van der Waals surface area contributed by atoms with Crippen molar-refractivity contribution in [1.82, 2.24) is 5.32 Å². The third-order valence-corrected chi connectivity index (χ3v) is 3.71. The molecule has 4 nitrogen and oxygen atoms in total. The van der Waals surface area contributed by atoms with Crippen LogP contribution >= 0.6 is 0 Å². The fourth-order valence-electron chi connectivity index (χ4n) is 2.33. The molecule has 25 heavy (non-hydrogen) atoms. The fourth-order valence-corrected chi connectivity index (χ4v) is 2.33. The highest BCUT2D eigenvalue weighted by Crippen LogP contribution is 2.31. The molecule has 0 radical (unpaired) electrons. The molecule has 1 N–H and O–H groups in total. The molecule has 0 aliphatic carbocycles. The van der Waals surface area contributed by atoms with Gasteiger partial charge in [-0.2, -0.15) is 13.2 Å². The lowest BCUT2D eigenvalue weighted by atomic mass is 10.0. The van der Waals surface area contributed by atoms with Gasteiger partial charge in [-0.25, -0.2) is 0 Å². The second-order valence-corrected chi connectivity index (χ2v) is 5.38. The normalized spacial score (nSPS) is 12.4. The van der Waals surface area contributed by atoms with E-state index in [2.05, 4.69) is 5.32 Å². The molecule has 0 saturated heterocycles. The Hall–Kier alpha value is -2.70. The molecule has 0 aliphatic heterocycles. The van der Waals surface area contributed by atoms with Crippen LogP contribution in [0.2, 0.25) is 0 Å². The van der Waals surface area contributed by atoms with Crippen molar-refractivity contribution < 1.29 is 27.4 Å². The predicted molar refractivity (Wildman–Crippen MR) is 86.9 cm³/mol. The summed E-state index contributed by atoms with van der Waals surface area (Å²) < 4.78 is 48.7. The number of amides is 1. The quantitative estimate of drug-likeness (QED) is 0.876. The van der Waals surface area contributed by atoms with Gasteiger partial charge in [0.25, 0.3) is 5.91 Å². The van der Waals surface area contributed by atoms with E-state index in [9.17, 15) is 18.0 Å². The number of methoxy groups -OCH3 is 2. The number of hydrogen-bond acceptors (Lipinski definition) is 3. The van der Waals surface area contributed by atoms with Gasteiger partial charge in [0.1, 0.15) is 11.5 Å². The number of alkyl halides is 3. The highest BCUT2D eigenvalue weighted by Gasteiger charge is 2.30. The van der Waals surface area contributed by atoms with Gasteiger partial charge in [0.15, 0.2) is 0 Å². The molecule has 0 aromatic heterocycles. The Labute approximate surface area is 143 Å². The Morgan fingerprint density at radius 1 is 1.08 bits per heavy atom. The number of rotatable bonds is 5. The summed E-state index contributed by atoms with van der Waals surface area (Å²) in [5.74, 6) is 0.341. The highest BCUT2D eigenvalue weighted by molar-refractivity contribution is 5.97. The Morgan fingerprint density at radius 2 is 1.80 bits per heavy atom. The van der Waals surface area contributed by atoms with Crippen LogP contribution in [0, 0.1) is 0 Å². The zero-order chi connectivity index (χ0) is 18.6. The summed E-state index contributed by atoms with van der Waals surface area (Å²) in [6.07, 6.45) is -4.43. The van der Waals surface area contributed by atoms with E-state index in [1.807, 2.05) is 0 Å². The van der Waals surface area contributed by atoms with E-state index in [1.165, 1.54) is 32.4 Å². The van der Waals surface area contributed by atoms with Crippen molar-refractivity contribution in [2.75, 3.05) is 14.2 Å². The van der Waals surface area contributed by atoms with Crippen LogP contribution in [0.5, 0.6) is 11.5 Å². The van der Waals surface area contributed by atoms with Crippen LogP contribution in [0.1, 0.15) is 34.5 Å². The van der Waals surface area contributed by atoms with Gasteiger partial charge in [0.2, 0.25) is 0 Å². The van der Waals surface area contributed by atoms with Crippen LogP contribution in [0.3, 0.4) is 0 Å². The maximum absolute atomic E-state index is 12.8. The van der Waals surface area contributed by atoms with Gasteiger partial charge in [0, 0.05) is 0 Å². The molecule has 134 valence electrons. The van der Waals surface area contributed by atoms with Crippen LogP contribution in [-0.4, -0.2) is 20.1 Å². The Morgan fingerprint density at radius 3 is 2.40 bits per heavy atom. The monoisotopic (exact) mass is 353 g/mol. The first-order valence-corrected chi connectivity index (χ1v) is 7.46. The first-order chi connectivity index (χ1) is 11.8. The van der Waals surface area contributed by atoms with E-state index in [-0.39, 0.29) is 5.56 Å². The Kier molecular flexibility index (Phi) is 5.56. The van der Waals surface area contributed by atoms with E-state index >= 15 is 0 Å². The van der Waals surface area contributed by atoms with Crippen molar-refractivity contribution in [3.63, 3.8) is 0 Å². The maximum Gasteiger partial charge on any atom is 0.416 e. The molecule has 1 amide bonds. The summed E-state index contributed by atoms with van der Waals surface area (Å²) in [6, 6.07) is 8.97. The summed E-state index contributed by atoms with van der Waals surface area (Å²) in [5, 5.41) is 2.68. The van der Waals surface area contributed by atoms with Crippen molar-refractivity contribution in [3.8, 4) is 11.5 Å². The maximum atomic E-state index is 12.8.